The van der Waals surface area contributed by atoms with Crippen molar-refractivity contribution in [2.75, 3.05) is 17.6 Å². The zero-order chi connectivity index (χ0) is 15.4. The smallest absolute Gasteiger partial charge is 0.332 e. The molecule has 0 aromatic carbocycles. The third-order valence-electron chi connectivity index (χ3n) is 3.91. The van der Waals surface area contributed by atoms with Crippen LogP contribution in [0.15, 0.2) is 21.2 Å². The molecule has 0 radical (unpaired) electrons. The standard InChI is InChI=1S/C15H24N4O2/c1-3-10-19-13(16)12(14(20)18(2)15(19)21)17-9-8-11-6-4-5-7-11/h6,17H,3-5,7-10,16H2,1-2H3. The number of nitrogens with two attached hydrogens (primary N) is 1. The van der Waals surface area contributed by atoms with Gasteiger partial charge in [-0.2, -0.15) is 0 Å². The van der Waals surface area contributed by atoms with Crippen LogP contribution in [0.2, 0.25) is 0 Å². The van der Waals surface area contributed by atoms with Crippen LogP contribution in [-0.2, 0) is 13.6 Å². The third kappa shape index (κ3) is 3.20. The highest BCUT2D eigenvalue weighted by Crippen LogP contribution is 2.20. The summed E-state index contributed by atoms with van der Waals surface area (Å²) >= 11 is 0. The van der Waals surface area contributed by atoms with Gasteiger partial charge >= 0.3 is 5.69 Å². The number of aromatic nitrogens is 2. The fourth-order valence-electron chi connectivity index (χ4n) is 2.70. The average Bonchev–Trinajstić information content (AvgIpc) is 2.98. The maximum absolute atomic E-state index is 12.2. The van der Waals surface area contributed by atoms with Crippen molar-refractivity contribution in [3.8, 4) is 0 Å². The van der Waals surface area contributed by atoms with Crippen LogP contribution in [-0.4, -0.2) is 15.7 Å². The summed E-state index contributed by atoms with van der Waals surface area (Å²) in [5, 5.41) is 3.12. The Hall–Kier alpha value is -1.98. The number of allylic oxidation sites excluding steroid dienone is 1. The molecule has 0 saturated heterocycles. The van der Waals surface area contributed by atoms with Gasteiger partial charge in [0.2, 0.25) is 0 Å². The highest BCUT2D eigenvalue weighted by Gasteiger charge is 2.14. The summed E-state index contributed by atoms with van der Waals surface area (Å²) in [4.78, 5) is 24.2. The molecule has 116 valence electrons. The van der Waals surface area contributed by atoms with E-state index in [1.807, 2.05) is 6.92 Å². The number of nitrogen functional groups attached to an aromatic ring is 1. The minimum absolute atomic E-state index is 0.241. The molecule has 2 rings (SSSR count). The van der Waals surface area contributed by atoms with Crippen LogP contribution in [0.4, 0.5) is 11.5 Å². The molecule has 1 aliphatic rings. The van der Waals surface area contributed by atoms with Crippen molar-refractivity contribution in [2.24, 2.45) is 7.05 Å². The number of rotatable bonds is 6. The van der Waals surface area contributed by atoms with Gasteiger partial charge in [-0.1, -0.05) is 18.6 Å². The number of hydrogen-bond donors (Lipinski definition) is 2. The lowest BCUT2D eigenvalue weighted by Crippen LogP contribution is -2.40. The summed E-state index contributed by atoms with van der Waals surface area (Å²) in [5.41, 5.74) is 7.06. The van der Waals surface area contributed by atoms with Crippen molar-refractivity contribution >= 4 is 11.5 Å². The first kappa shape index (κ1) is 15.4. The van der Waals surface area contributed by atoms with E-state index >= 15 is 0 Å². The molecule has 21 heavy (non-hydrogen) atoms. The number of hydrogen-bond acceptors (Lipinski definition) is 4. The molecule has 0 spiro atoms. The van der Waals surface area contributed by atoms with Crippen molar-refractivity contribution in [3.05, 3.63) is 32.5 Å². The highest BCUT2D eigenvalue weighted by molar-refractivity contribution is 5.60. The molecule has 1 aromatic rings. The van der Waals surface area contributed by atoms with E-state index in [9.17, 15) is 9.59 Å². The minimum atomic E-state index is -0.358. The second-order valence-electron chi connectivity index (χ2n) is 5.49. The van der Waals surface area contributed by atoms with E-state index in [1.165, 1.54) is 23.6 Å². The summed E-state index contributed by atoms with van der Waals surface area (Å²) in [5.74, 6) is 0.241. The molecule has 0 saturated carbocycles. The average molecular weight is 292 g/mol. The SMILES string of the molecule is CCCn1c(N)c(NCCC2=CCCC2)c(=O)n(C)c1=O. The van der Waals surface area contributed by atoms with Crippen LogP contribution in [0, 0.1) is 0 Å². The Balaban J connectivity index is 2.21. The minimum Gasteiger partial charge on any atom is -0.383 e. The zero-order valence-electron chi connectivity index (χ0n) is 12.8. The summed E-state index contributed by atoms with van der Waals surface area (Å²) in [6.45, 7) is 3.14. The zero-order valence-corrected chi connectivity index (χ0v) is 12.8. The first-order chi connectivity index (χ1) is 10.1. The van der Waals surface area contributed by atoms with Gasteiger partial charge in [0.05, 0.1) is 0 Å². The van der Waals surface area contributed by atoms with Crippen molar-refractivity contribution in [3.63, 3.8) is 0 Å². The van der Waals surface area contributed by atoms with Crippen LogP contribution in [0.5, 0.6) is 0 Å². The van der Waals surface area contributed by atoms with E-state index in [0.29, 0.717) is 18.8 Å². The topological polar surface area (TPSA) is 82.0 Å². The molecule has 0 bridgehead atoms. The van der Waals surface area contributed by atoms with Crippen LogP contribution < -0.4 is 22.3 Å². The maximum Gasteiger partial charge on any atom is 0.332 e. The Morgan fingerprint density at radius 1 is 1.38 bits per heavy atom. The Bertz CT molecular complexity index is 655. The largest absolute Gasteiger partial charge is 0.383 e. The monoisotopic (exact) mass is 292 g/mol. The molecule has 1 aromatic heterocycles. The highest BCUT2D eigenvalue weighted by atomic mass is 16.2. The molecule has 0 amide bonds. The Labute approximate surface area is 124 Å². The van der Waals surface area contributed by atoms with E-state index in [2.05, 4.69) is 11.4 Å². The quantitative estimate of drug-likeness (QED) is 0.778. The Morgan fingerprint density at radius 3 is 2.76 bits per heavy atom. The normalized spacial score (nSPS) is 14.3. The van der Waals surface area contributed by atoms with Crippen molar-refractivity contribution < 1.29 is 0 Å². The molecular formula is C15H24N4O2. The van der Waals surface area contributed by atoms with Gasteiger partial charge in [-0.3, -0.25) is 13.9 Å². The predicted octanol–water partition coefficient (Wildman–Crippen LogP) is 1.45. The van der Waals surface area contributed by atoms with Gasteiger partial charge in [0, 0.05) is 20.1 Å². The van der Waals surface area contributed by atoms with Gasteiger partial charge < -0.3 is 11.1 Å². The van der Waals surface area contributed by atoms with Gasteiger partial charge in [0.25, 0.3) is 5.56 Å². The molecule has 0 atom stereocenters. The fraction of sp³-hybridized carbons (Fsp3) is 0.600. The summed E-state index contributed by atoms with van der Waals surface area (Å²) in [6, 6.07) is 0. The van der Waals surface area contributed by atoms with E-state index < -0.39 is 0 Å². The fourth-order valence-corrected chi connectivity index (χ4v) is 2.70. The molecular weight excluding hydrogens is 268 g/mol. The van der Waals surface area contributed by atoms with E-state index in [-0.39, 0.29) is 17.1 Å². The van der Waals surface area contributed by atoms with Gasteiger partial charge in [0.15, 0.2) is 0 Å². The van der Waals surface area contributed by atoms with Crippen molar-refractivity contribution in [2.45, 2.75) is 45.6 Å². The van der Waals surface area contributed by atoms with Gasteiger partial charge in [0.1, 0.15) is 11.5 Å². The molecule has 0 aliphatic heterocycles. The second kappa shape index (κ2) is 6.65. The first-order valence-electron chi connectivity index (χ1n) is 7.57. The van der Waals surface area contributed by atoms with Gasteiger partial charge in [-0.15, -0.1) is 0 Å². The number of nitrogens with zero attached hydrogens (tertiary/aromatic N) is 2. The Morgan fingerprint density at radius 2 is 2.14 bits per heavy atom. The number of anilines is 2. The van der Waals surface area contributed by atoms with Crippen LogP contribution in [0.3, 0.4) is 0 Å². The molecule has 6 nitrogen and oxygen atoms in total. The lowest BCUT2D eigenvalue weighted by molar-refractivity contribution is 0.600. The molecule has 0 fully saturated rings. The second-order valence-corrected chi connectivity index (χ2v) is 5.49. The van der Waals surface area contributed by atoms with Crippen LogP contribution in [0.1, 0.15) is 39.0 Å². The third-order valence-corrected chi connectivity index (χ3v) is 3.91. The first-order valence-corrected chi connectivity index (χ1v) is 7.57. The molecule has 3 N–H and O–H groups in total. The lowest BCUT2D eigenvalue weighted by atomic mass is 10.2. The lowest BCUT2D eigenvalue weighted by Gasteiger charge is -2.15. The van der Waals surface area contributed by atoms with E-state index in [1.54, 1.807) is 0 Å². The summed E-state index contributed by atoms with van der Waals surface area (Å²) in [6.07, 6.45) is 7.48. The van der Waals surface area contributed by atoms with Crippen molar-refractivity contribution in [1.29, 1.82) is 0 Å². The maximum atomic E-state index is 12.2. The van der Waals surface area contributed by atoms with Crippen LogP contribution in [0.25, 0.3) is 0 Å². The van der Waals surface area contributed by atoms with E-state index in [0.717, 1.165) is 30.3 Å². The van der Waals surface area contributed by atoms with Crippen LogP contribution >= 0.6 is 0 Å². The molecule has 1 heterocycles. The summed E-state index contributed by atoms with van der Waals surface area (Å²) < 4.78 is 2.57. The molecule has 1 aliphatic carbocycles. The number of nitrogens with one attached hydrogen (secondary N) is 1. The van der Waals surface area contributed by atoms with E-state index in [4.69, 9.17) is 5.73 Å². The van der Waals surface area contributed by atoms with Gasteiger partial charge in [-0.25, -0.2) is 4.79 Å². The molecule has 6 heteroatoms. The van der Waals surface area contributed by atoms with Gasteiger partial charge in [-0.05, 0) is 32.1 Å². The summed E-state index contributed by atoms with van der Waals surface area (Å²) in [7, 11) is 1.49. The molecule has 0 unspecified atom stereocenters. The Kier molecular flexibility index (Phi) is 4.88. The van der Waals surface area contributed by atoms with Crippen molar-refractivity contribution in [1.82, 2.24) is 9.13 Å². The predicted molar refractivity (Wildman–Crippen MR) is 85.7 cm³/mol.